The fourth-order valence-electron chi connectivity index (χ4n) is 1.16. The molecule has 0 aromatic carbocycles. The van der Waals surface area contributed by atoms with Gasteiger partial charge in [0.15, 0.2) is 0 Å². The largest absolute Gasteiger partial charge is 0.342 e. The van der Waals surface area contributed by atoms with Gasteiger partial charge in [0.1, 0.15) is 0 Å². The van der Waals surface area contributed by atoms with Crippen LogP contribution in [0, 0.1) is 5.92 Å². The van der Waals surface area contributed by atoms with E-state index in [9.17, 15) is 4.79 Å². The van der Waals surface area contributed by atoms with Crippen LogP contribution in [0.5, 0.6) is 0 Å². The number of hydrogen-bond acceptors (Lipinski definition) is 2. The lowest BCUT2D eigenvalue weighted by Gasteiger charge is -2.20. The van der Waals surface area contributed by atoms with Gasteiger partial charge in [0.2, 0.25) is 5.91 Å². The van der Waals surface area contributed by atoms with Crippen molar-refractivity contribution >= 4 is 5.91 Å². The van der Waals surface area contributed by atoms with Gasteiger partial charge >= 0.3 is 0 Å². The standard InChI is InChI=1S/C13H24N2O/c1-5-6-7-8-13(16)15(4)10-9-12(14)11(2)3/h5-8,11-12H,9-10,14H2,1-4H3. The molecule has 0 aliphatic carbocycles. The Hall–Kier alpha value is -1.09. The first kappa shape index (κ1) is 14.9. The zero-order valence-corrected chi connectivity index (χ0v) is 10.8. The molecule has 0 spiro atoms. The van der Waals surface area contributed by atoms with Crippen molar-refractivity contribution in [1.82, 2.24) is 4.90 Å². The van der Waals surface area contributed by atoms with Crippen molar-refractivity contribution in [2.24, 2.45) is 11.7 Å². The summed E-state index contributed by atoms with van der Waals surface area (Å²) in [5, 5.41) is 0. The maximum atomic E-state index is 11.6. The third kappa shape index (κ3) is 6.40. The van der Waals surface area contributed by atoms with Crippen LogP contribution >= 0.6 is 0 Å². The predicted molar refractivity (Wildman–Crippen MR) is 69.0 cm³/mol. The fraction of sp³-hybridized carbons (Fsp3) is 0.615. The molecule has 3 heteroatoms. The molecule has 2 N–H and O–H groups in total. The molecule has 0 aromatic heterocycles. The lowest BCUT2D eigenvalue weighted by Crippen LogP contribution is -2.33. The Bertz CT molecular complexity index is 257. The maximum Gasteiger partial charge on any atom is 0.246 e. The monoisotopic (exact) mass is 224 g/mol. The van der Waals surface area contributed by atoms with Gasteiger partial charge in [-0.25, -0.2) is 0 Å². The van der Waals surface area contributed by atoms with Gasteiger partial charge in [0.05, 0.1) is 0 Å². The van der Waals surface area contributed by atoms with E-state index in [1.54, 1.807) is 24.1 Å². The SMILES string of the molecule is CC=CC=CC(=O)N(C)CCC(N)C(C)C. The number of nitrogens with two attached hydrogens (primary N) is 1. The Morgan fingerprint density at radius 3 is 2.50 bits per heavy atom. The van der Waals surface area contributed by atoms with Gasteiger partial charge in [-0.1, -0.05) is 32.1 Å². The van der Waals surface area contributed by atoms with Gasteiger partial charge in [-0.05, 0) is 19.3 Å². The highest BCUT2D eigenvalue weighted by atomic mass is 16.2. The second-order valence-electron chi connectivity index (χ2n) is 4.34. The second kappa shape index (κ2) is 8.11. The maximum absolute atomic E-state index is 11.6. The van der Waals surface area contributed by atoms with Crippen molar-refractivity contribution in [3.8, 4) is 0 Å². The van der Waals surface area contributed by atoms with E-state index in [-0.39, 0.29) is 11.9 Å². The summed E-state index contributed by atoms with van der Waals surface area (Å²) in [4.78, 5) is 13.3. The minimum Gasteiger partial charge on any atom is -0.342 e. The molecule has 0 heterocycles. The average Bonchev–Trinajstić information content (AvgIpc) is 2.25. The van der Waals surface area contributed by atoms with E-state index in [0.29, 0.717) is 12.5 Å². The van der Waals surface area contributed by atoms with Crippen LogP contribution in [-0.4, -0.2) is 30.4 Å². The zero-order valence-electron chi connectivity index (χ0n) is 10.8. The number of hydrogen-bond donors (Lipinski definition) is 1. The number of carbonyl (C=O) groups excluding carboxylic acids is 1. The van der Waals surface area contributed by atoms with Crippen LogP contribution in [-0.2, 0) is 4.79 Å². The Morgan fingerprint density at radius 2 is 2.00 bits per heavy atom. The average molecular weight is 224 g/mol. The molecular formula is C13H24N2O. The summed E-state index contributed by atoms with van der Waals surface area (Å²) >= 11 is 0. The molecule has 0 saturated carbocycles. The normalized spacial score (nSPS) is 13.9. The van der Waals surface area contributed by atoms with Crippen LogP contribution in [0.1, 0.15) is 27.2 Å². The van der Waals surface area contributed by atoms with Gasteiger partial charge in [0, 0.05) is 25.7 Å². The second-order valence-corrected chi connectivity index (χ2v) is 4.34. The minimum absolute atomic E-state index is 0.0223. The molecule has 1 atom stereocenters. The van der Waals surface area contributed by atoms with E-state index in [4.69, 9.17) is 5.73 Å². The van der Waals surface area contributed by atoms with Gasteiger partial charge in [-0.15, -0.1) is 0 Å². The zero-order chi connectivity index (χ0) is 12.6. The number of amides is 1. The molecular weight excluding hydrogens is 200 g/mol. The fourth-order valence-corrected chi connectivity index (χ4v) is 1.16. The molecule has 0 bridgehead atoms. The van der Waals surface area contributed by atoms with Gasteiger partial charge in [-0.3, -0.25) is 4.79 Å². The number of carbonyl (C=O) groups is 1. The van der Waals surface area contributed by atoms with Gasteiger partial charge in [0.25, 0.3) is 0 Å². The van der Waals surface area contributed by atoms with Gasteiger partial charge in [-0.2, -0.15) is 0 Å². The van der Waals surface area contributed by atoms with E-state index >= 15 is 0 Å². The molecule has 0 aromatic rings. The van der Waals surface area contributed by atoms with E-state index in [0.717, 1.165) is 6.42 Å². The Labute approximate surface area is 99.0 Å². The molecule has 92 valence electrons. The predicted octanol–water partition coefficient (Wildman–Crippen LogP) is 1.95. The summed E-state index contributed by atoms with van der Waals surface area (Å²) < 4.78 is 0. The van der Waals surface area contributed by atoms with Crippen LogP contribution in [0.4, 0.5) is 0 Å². The van der Waals surface area contributed by atoms with E-state index < -0.39 is 0 Å². The van der Waals surface area contributed by atoms with Crippen LogP contribution in [0.3, 0.4) is 0 Å². The minimum atomic E-state index is 0.0223. The molecule has 0 saturated heterocycles. The first-order valence-electron chi connectivity index (χ1n) is 5.79. The first-order chi connectivity index (χ1) is 7.49. The van der Waals surface area contributed by atoms with Crippen molar-refractivity contribution in [1.29, 1.82) is 0 Å². The summed E-state index contributed by atoms with van der Waals surface area (Å²) in [5.74, 6) is 0.483. The van der Waals surface area contributed by atoms with E-state index in [1.165, 1.54) is 0 Å². The van der Waals surface area contributed by atoms with Crippen LogP contribution < -0.4 is 5.73 Å². The van der Waals surface area contributed by atoms with Crippen molar-refractivity contribution in [3.63, 3.8) is 0 Å². The summed E-state index contributed by atoms with van der Waals surface area (Å²) in [5.41, 5.74) is 5.92. The molecule has 3 nitrogen and oxygen atoms in total. The highest BCUT2D eigenvalue weighted by Gasteiger charge is 2.10. The van der Waals surface area contributed by atoms with Crippen molar-refractivity contribution in [2.45, 2.75) is 33.2 Å². The van der Waals surface area contributed by atoms with E-state index in [2.05, 4.69) is 13.8 Å². The summed E-state index contributed by atoms with van der Waals surface area (Å²) in [7, 11) is 1.80. The van der Waals surface area contributed by atoms with Crippen LogP contribution in [0.2, 0.25) is 0 Å². The molecule has 0 rings (SSSR count). The first-order valence-corrected chi connectivity index (χ1v) is 5.79. The lowest BCUT2D eigenvalue weighted by molar-refractivity contribution is -0.124. The topological polar surface area (TPSA) is 46.3 Å². The third-order valence-corrected chi connectivity index (χ3v) is 2.57. The van der Waals surface area contributed by atoms with Crippen molar-refractivity contribution in [2.75, 3.05) is 13.6 Å². The van der Waals surface area contributed by atoms with Crippen LogP contribution in [0.25, 0.3) is 0 Å². The number of rotatable bonds is 6. The van der Waals surface area contributed by atoms with Gasteiger partial charge < -0.3 is 10.6 Å². The van der Waals surface area contributed by atoms with Crippen LogP contribution in [0.15, 0.2) is 24.3 Å². The van der Waals surface area contributed by atoms with E-state index in [1.807, 2.05) is 19.1 Å². The molecule has 0 aliphatic heterocycles. The Kier molecular flexibility index (Phi) is 7.56. The quantitative estimate of drug-likeness (QED) is 0.553. The molecule has 0 radical (unpaired) electrons. The molecule has 16 heavy (non-hydrogen) atoms. The highest BCUT2D eigenvalue weighted by molar-refractivity contribution is 5.87. The Morgan fingerprint density at radius 1 is 1.38 bits per heavy atom. The van der Waals surface area contributed by atoms with Crippen molar-refractivity contribution < 1.29 is 4.79 Å². The molecule has 1 amide bonds. The summed E-state index contributed by atoms with van der Waals surface area (Å²) in [6.45, 7) is 6.81. The highest BCUT2D eigenvalue weighted by Crippen LogP contribution is 2.03. The lowest BCUT2D eigenvalue weighted by atomic mass is 10.0. The number of nitrogens with zero attached hydrogens (tertiary/aromatic N) is 1. The van der Waals surface area contributed by atoms with Crippen molar-refractivity contribution in [3.05, 3.63) is 24.3 Å². The summed E-state index contributed by atoms with van der Waals surface area (Å²) in [6.07, 6.45) is 7.89. The number of allylic oxidation sites excluding steroid dienone is 3. The summed E-state index contributed by atoms with van der Waals surface area (Å²) in [6, 6.07) is 0.162. The smallest absolute Gasteiger partial charge is 0.246 e. The molecule has 0 aliphatic rings. The Balaban J connectivity index is 3.97. The third-order valence-electron chi connectivity index (χ3n) is 2.57. The number of likely N-dealkylation sites (N-methyl/N-ethyl adjacent to an activating group) is 1. The molecule has 0 fully saturated rings. The molecule has 1 unspecified atom stereocenters.